The SMILES string of the molecule is [2H]c1c([2H])c([2H])c(-c2c([2H])c([2H])c(-c3c([2H])c([2H])c([2H])c4oc5c([2H])c(-c6nc(-c7ccccc7)nc(-c7ccccc7)n6)c([2H])c([2H])c5c34)c([2H])c2[2H])c([2H])c1[2H]. The molecule has 0 spiro atoms. The Morgan fingerprint density at radius 2 is 1.00 bits per heavy atom. The lowest BCUT2D eigenvalue weighted by atomic mass is 9.96. The molecule has 0 amide bonds. The highest BCUT2D eigenvalue weighted by Crippen LogP contribution is 2.38. The maximum atomic E-state index is 9.35. The van der Waals surface area contributed by atoms with Crippen LogP contribution >= 0.6 is 0 Å². The van der Waals surface area contributed by atoms with E-state index in [-0.39, 0.29) is 39.4 Å². The minimum absolute atomic E-state index is 0.143. The Morgan fingerprint density at radius 3 is 1.65 bits per heavy atom. The van der Waals surface area contributed by atoms with Gasteiger partial charge < -0.3 is 4.42 Å². The number of hydrogen-bond acceptors (Lipinski definition) is 4. The Labute approximate surface area is 270 Å². The summed E-state index contributed by atoms with van der Waals surface area (Å²) in [6.45, 7) is 0. The van der Waals surface area contributed by atoms with Crippen LogP contribution in [0, 0.1) is 0 Å². The second kappa shape index (κ2) is 10.5. The van der Waals surface area contributed by atoms with Crippen LogP contribution in [-0.4, -0.2) is 15.0 Å². The van der Waals surface area contributed by atoms with E-state index in [2.05, 4.69) is 15.0 Å². The Bertz CT molecular complexity index is 2950. The molecule has 0 saturated heterocycles. The largest absolute Gasteiger partial charge is 0.456 e. The number of benzene rings is 6. The quantitative estimate of drug-likeness (QED) is 0.208. The van der Waals surface area contributed by atoms with E-state index in [1.807, 2.05) is 12.1 Å². The average Bonchev–Trinajstić information content (AvgIpc) is 3.64. The molecule has 2 aromatic heterocycles. The first-order valence-electron chi connectivity index (χ1n) is 20.6. The summed E-state index contributed by atoms with van der Waals surface area (Å²) in [5.41, 5.74) is -2.03. The highest BCUT2D eigenvalue weighted by Gasteiger charge is 2.16. The monoisotopic (exact) mass is 566 g/mol. The summed E-state index contributed by atoms with van der Waals surface area (Å²) in [4.78, 5) is 13.8. The molecule has 2 heterocycles. The van der Waals surface area contributed by atoms with Gasteiger partial charge in [0, 0.05) is 27.5 Å². The number of hydrogen-bond donors (Lipinski definition) is 0. The molecule has 0 aliphatic rings. The zero-order valence-electron chi connectivity index (χ0n) is 37.0. The maximum absolute atomic E-state index is 9.35. The molecule has 0 radical (unpaired) electrons. The van der Waals surface area contributed by atoms with Gasteiger partial charge >= 0.3 is 0 Å². The first-order chi connectivity index (χ1) is 27.6. The highest BCUT2D eigenvalue weighted by atomic mass is 16.3. The first kappa shape index (κ1) is 13.9. The van der Waals surface area contributed by atoms with Crippen LogP contribution < -0.4 is 0 Å². The van der Waals surface area contributed by atoms with Gasteiger partial charge in [0.25, 0.3) is 0 Å². The normalized spacial score (nSPS) is 16.1. The van der Waals surface area contributed by atoms with Crippen LogP contribution in [0.1, 0.15) is 20.6 Å². The third-order valence-corrected chi connectivity index (χ3v) is 6.62. The minimum Gasteiger partial charge on any atom is -0.456 e. The standard InChI is InChI=1S/C39H25N3O/c1-4-11-26(12-5-1)27-19-21-28(22-20-27)32-17-10-18-34-36(32)33-24-23-31(25-35(33)43-34)39-41-37(29-13-6-2-7-14-29)40-38(42-39)30-15-8-3-9-16-30/h1-25H/i1D,4D,5D,10D,11D,12D,17D,18D,19D,20D,21D,22D,23D,24D,25D. The van der Waals surface area contributed by atoms with E-state index in [1.165, 1.54) is 0 Å². The summed E-state index contributed by atoms with van der Waals surface area (Å²) in [7, 11) is 0. The zero-order valence-corrected chi connectivity index (χ0v) is 22.0. The van der Waals surface area contributed by atoms with Gasteiger partial charge in [-0.15, -0.1) is 0 Å². The predicted octanol–water partition coefficient (Wildman–Crippen LogP) is 10.1. The molecule has 6 aromatic carbocycles. The van der Waals surface area contributed by atoms with Crippen molar-refractivity contribution in [1.29, 1.82) is 0 Å². The summed E-state index contributed by atoms with van der Waals surface area (Å²) in [6, 6.07) is 7.03. The second-order valence-corrected chi connectivity index (χ2v) is 9.30. The van der Waals surface area contributed by atoms with E-state index < -0.39 is 118 Å². The lowest BCUT2D eigenvalue weighted by Crippen LogP contribution is -2.00. The van der Waals surface area contributed by atoms with Gasteiger partial charge in [-0.05, 0) is 40.4 Å². The molecule has 0 aliphatic carbocycles. The molecule has 0 saturated carbocycles. The van der Waals surface area contributed by atoms with E-state index in [1.54, 1.807) is 48.5 Å². The van der Waals surface area contributed by atoms with E-state index in [0.29, 0.717) is 11.1 Å². The molecule has 0 fully saturated rings. The molecular formula is C39H25N3O. The van der Waals surface area contributed by atoms with Gasteiger partial charge in [0.1, 0.15) is 11.2 Å². The second-order valence-electron chi connectivity index (χ2n) is 9.30. The van der Waals surface area contributed by atoms with Crippen LogP contribution in [0.25, 0.3) is 78.4 Å². The van der Waals surface area contributed by atoms with Crippen molar-refractivity contribution in [2.24, 2.45) is 0 Å². The van der Waals surface area contributed by atoms with Crippen molar-refractivity contribution in [2.45, 2.75) is 0 Å². The number of nitrogens with zero attached hydrogens (tertiary/aromatic N) is 3. The molecule has 0 N–H and O–H groups in total. The smallest absolute Gasteiger partial charge is 0.164 e. The Hall–Kier alpha value is -5.87. The van der Waals surface area contributed by atoms with Crippen LogP contribution in [0.3, 0.4) is 0 Å². The number of rotatable bonds is 5. The van der Waals surface area contributed by atoms with Crippen molar-refractivity contribution < 1.29 is 25.0 Å². The highest BCUT2D eigenvalue weighted by molar-refractivity contribution is 6.13. The number of aromatic nitrogens is 3. The van der Waals surface area contributed by atoms with Gasteiger partial charge in [-0.2, -0.15) is 0 Å². The molecule has 0 atom stereocenters. The van der Waals surface area contributed by atoms with Crippen molar-refractivity contribution in [1.82, 2.24) is 15.0 Å². The third-order valence-electron chi connectivity index (χ3n) is 6.62. The van der Waals surface area contributed by atoms with Crippen LogP contribution in [0.4, 0.5) is 0 Å². The van der Waals surface area contributed by atoms with Gasteiger partial charge in [0.15, 0.2) is 17.5 Å². The van der Waals surface area contributed by atoms with Crippen LogP contribution in [-0.2, 0) is 0 Å². The number of furan rings is 1. The molecule has 8 aromatic rings. The van der Waals surface area contributed by atoms with Crippen molar-refractivity contribution in [3.63, 3.8) is 0 Å². The topological polar surface area (TPSA) is 51.8 Å². The fourth-order valence-electron chi connectivity index (χ4n) is 4.60. The van der Waals surface area contributed by atoms with Crippen LogP contribution in [0.2, 0.25) is 0 Å². The fourth-order valence-corrected chi connectivity index (χ4v) is 4.60. The summed E-state index contributed by atoms with van der Waals surface area (Å²) >= 11 is 0. The molecule has 0 unspecified atom stereocenters. The van der Waals surface area contributed by atoms with E-state index in [4.69, 9.17) is 20.9 Å². The molecular weight excluding hydrogens is 526 g/mol. The van der Waals surface area contributed by atoms with Gasteiger partial charge in [-0.1, -0.05) is 133 Å². The van der Waals surface area contributed by atoms with Gasteiger partial charge in [-0.25, -0.2) is 15.0 Å². The Morgan fingerprint density at radius 1 is 0.442 bits per heavy atom. The maximum Gasteiger partial charge on any atom is 0.164 e. The van der Waals surface area contributed by atoms with Gasteiger partial charge in [0.05, 0.1) is 20.6 Å². The van der Waals surface area contributed by atoms with Crippen molar-refractivity contribution in [3.8, 4) is 56.4 Å². The minimum atomic E-state index is -0.828. The van der Waals surface area contributed by atoms with Crippen molar-refractivity contribution in [3.05, 3.63) is 151 Å². The fraction of sp³-hybridized carbons (Fsp3) is 0. The summed E-state index contributed by atoms with van der Waals surface area (Å²) in [5, 5.41) is -0.570. The molecule has 0 bridgehead atoms. The molecule has 0 aliphatic heterocycles. The average molecular weight is 567 g/mol. The van der Waals surface area contributed by atoms with Gasteiger partial charge in [-0.3, -0.25) is 0 Å². The van der Waals surface area contributed by atoms with Crippen LogP contribution in [0.15, 0.2) is 156 Å². The predicted molar refractivity (Wildman–Crippen MR) is 174 cm³/mol. The van der Waals surface area contributed by atoms with E-state index in [9.17, 15) is 4.11 Å². The third kappa shape index (κ3) is 4.65. The van der Waals surface area contributed by atoms with Crippen molar-refractivity contribution >= 4 is 21.9 Å². The summed E-state index contributed by atoms with van der Waals surface area (Å²) in [5.74, 6) is 0.279. The molecule has 202 valence electrons. The Kier molecular flexibility index (Phi) is 3.39. The zero-order chi connectivity index (χ0) is 41.6. The first-order valence-corrected chi connectivity index (χ1v) is 13.1. The lowest BCUT2D eigenvalue weighted by Gasteiger charge is -2.08. The van der Waals surface area contributed by atoms with Gasteiger partial charge in [0.2, 0.25) is 0 Å². The van der Waals surface area contributed by atoms with E-state index in [0.717, 1.165) is 0 Å². The summed E-state index contributed by atoms with van der Waals surface area (Å²) < 4.78 is 137. The molecule has 4 heteroatoms. The molecule has 8 rings (SSSR count). The number of fused-ring (bicyclic) bond motifs is 3. The van der Waals surface area contributed by atoms with Crippen LogP contribution in [0.5, 0.6) is 0 Å². The van der Waals surface area contributed by atoms with Crippen molar-refractivity contribution in [2.75, 3.05) is 0 Å². The van der Waals surface area contributed by atoms with E-state index >= 15 is 0 Å². The molecule has 43 heavy (non-hydrogen) atoms. The molecule has 4 nitrogen and oxygen atoms in total. The summed E-state index contributed by atoms with van der Waals surface area (Å²) in [6.07, 6.45) is 0. The Balaban J connectivity index is 1.45. The lowest BCUT2D eigenvalue weighted by molar-refractivity contribution is 0.669.